The van der Waals surface area contributed by atoms with Crippen molar-refractivity contribution in [1.82, 2.24) is 9.47 Å². The Morgan fingerprint density at radius 2 is 1.59 bits per heavy atom. The molecule has 5 nitrogen and oxygen atoms in total. The number of aryl methyl sites for hydroxylation is 1. The minimum atomic E-state index is -0.744. The Kier molecular flexibility index (Phi) is 9.79. The van der Waals surface area contributed by atoms with E-state index in [2.05, 4.69) is 31.9 Å². The first kappa shape index (κ1) is 30.2. The average Bonchev–Trinajstić information content (AvgIpc) is 2.86. The maximum Gasteiger partial charge on any atom is 0.190 e. The van der Waals surface area contributed by atoms with Gasteiger partial charge in [-0.15, -0.1) is 0 Å². The summed E-state index contributed by atoms with van der Waals surface area (Å²) in [4.78, 5) is 25.5. The van der Waals surface area contributed by atoms with Crippen molar-refractivity contribution >= 4 is 54.2 Å². The second-order valence-corrected chi connectivity index (χ2v) is 10.7. The zero-order valence-electron chi connectivity index (χ0n) is 21.7. The molecule has 0 bridgehead atoms. The van der Waals surface area contributed by atoms with Gasteiger partial charge in [-0.3, -0.25) is 9.59 Å². The molecule has 1 aromatic heterocycles. The van der Waals surface area contributed by atoms with Crippen LogP contribution in [0.25, 0.3) is 10.9 Å². The Morgan fingerprint density at radius 1 is 0.974 bits per heavy atom. The van der Waals surface area contributed by atoms with Gasteiger partial charge in [0.1, 0.15) is 17.5 Å². The fraction of sp³-hybridized carbons (Fsp3) is 0.172. The number of nitrogens with zero attached hydrogens (tertiary/aromatic N) is 2. The van der Waals surface area contributed by atoms with Crippen molar-refractivity contribution in [3.8, 4) is 0 Å². The van der Waals surface area contributed by atoms with Gasteiger partial charge in [0, 0.05) is 55.2 Å². The molecule has 0 aliphatic rings. The van der Waals surface area contributed by atoms with Crippen molar-refractivity contribution in [1.29, 1.82) is 0 Å². The molecule has 4 rings (SSSR count). The molecule has 0 radical (unpaired) electrons. The predicted molar refractivity (Wildman–Crippen MR) is 156 cm³/mol. The number of hydrogen-bond acceptors (Lipinski definition) is 4. The molecule has 1 heterocycles. The van der Waals surface area contributed by atoms with Crippen LogP contribution in [0.1, 0.15) is 28.5 Å². The summed E-state index contributed by atoms with van der Waals surface area (Å²) in [6.45, 7) is 4.09. The van der Waals surface area contributed by atoms with Gasteiger partial charge in [-0.25, -0.2) is 13.2 Å². The average molecular weight is 665 g/mol. The summed E-state index contributed by atoms with van der Waals surface area (Å²) in [6.07, 6.45) is 1.27. The van der Waals surface area contributed by atoms with Gasteiger partial charge in [-0.2, -0.15) is 0 Å². The Hall–Kier alpha value is -3.37. The largest absolute Gasteiger partial charge is 0.398 e. The second kappa shape index (κ2) is 12.7. The third-order valence-electron chi connectivity index (χ3n) is 6.06. The number of carbonyl (C=O) groups excluding carboxylic acids is 1. The lowest BCUT2D eigenvalue weighted by molar-refractivity contribution is 0.104. The fourth-order valence-electron chi connectivity index (χ4n) is 3.66. The number of rotatable bonds is 5. The van der Waals surface area contributed by atoms with E-state index >= 15 is 0 Å². The van der Waals surface area contributed by atoms with E-state index in [0.29, 0.717) is 33.3 Å². The third kappa shape index (κ3) is 7.19. The SMILES string of the molecule is C/C(=C\C(=O)c1cc(F)c(Br)cc1F)N(C)C.Cc1cc(=O)c2cc(F)c(Br)cc2n1Cc1ccccc1N. The minimum Gasteiger partial charge on any atom is -0.398 e. The van der Waals surface area contributed by atoms with Crippen LogP contribution in [0.5, 0.6) is 0 Å². The van der Waals surface area contributed by atoms with E-state index in [1.807, 2.05) is 35.8 Å². The van der Waals surface area contributed by atoms with Crippen LogP contribution in [-0.4, -0.2) is 29.3 Å². The highest BCUT2D eigenvalue weighted by molar-refractivity contribution is 9.10. The number of benzene rings is 3. The number of halogens is 5. The second-order valence-electron chi connectivity index (χ2n) is 9.01. The number of aromatic nitrogens is 1. The predicted octanol–water partition coefficient (Wildman–Crippen LogP) is 7.22. The van der Waals surface area contributed by atoms with Gasteiger partial charge in [-0.05, 0) is 81.6 Å². The lowest BCUT2D eigenvalue weighted by atomic mass is 10.1. The molecule has 0 saturated heterocycles. The van der Waals surface area contributed by atoms with E-state index in [1.54, 1.807) is 32.0 Å². The van der Waals surface area contributed by atoms with E-state index in [9.17, 15) is 22.8 Å². The van der Waals surface area contributed by atoms with Crippen LogP contribution >= 0.6 is 31.9 Å². The van der Waals surface area contributed by atoms with Crippen molar-refractivity contribution in [3.63, 3.8) is 0 Å². The van der Waals surface area contributed by atoms with Crippen LogP contribution in [0.3, 0.4) is 0 Å². The number of nitrogens with two attached hydrogens (primary N) is 1. The van der Waals surface area contributed by atoms with Crippen molar-refractivity contribution in [2.24, 2.45) is 0 Å². The summed E-state index contributed by atoms with van der Waals surface area (Å²) >= 11 is 6.04. The zero-order chi connectivity index (χ0) is 29.0. The molecule has 10 heteroatoms. The number of para-hydroxylation sites is 1. The molecule has 3 aromatic carbocycles. The van der Waals surface area contributed by atoms with Gasteiger partial charge in [0.05, 0.1) is 20.0 Å². The van der Waals surface area contributed by atoms with Crippen LogP contribution in [0.15, 0.2) is 80.1 Å². The monoisotopic (exact) mass is 663 g/mol. The summed E-state index contributed by atoms with van der Waals surface area (Å²) in [5, 5.41) is 0.362. The molecule has 39 heavy (non-hydrogen) atoms. The van der Waals surface area contributed by atoms with Crippen molar-refractivity contribution < 1.29 is 18.0 Å². The molecule has 4 aromatic rings. The first-order chi connectivity index (χ1) is 18.3. The van der Waals surface area contributed by atoms with Gasteiger partial charge in [0.15, 0.2) is 11.2 Å². The Balaban J connectivity index is 0.000000224. The number of carbonyl (C=O) groups is 1. The molecule has 0 spiro atoms. The number of fused-ring (bicyclic) bond motifs is 1. The normalized spacial score (nSPS) is 11.3. The number of allylic oxidation sites excluding steroid dienone is 2. The summed E-state index contributed by atoms with van der Waals surface area (Å²) in [5.41, 5.74) is 9.34. The summed E-state index contributed by atoms with van der Waals surface area (Å²) in [7, 11) is 3.52. The molecule has 0 aliphatic carbocycles. The zero-order valence-corrected chi connectivity index (χ0v) is 24.8. The summed E-state index contributed by atoms with van der Waals surface area (Å²) in [5.74, 6) is -2.41. The highest BCUT2D eigenvalue weighted by atomic mass is 79.9. The van der Waals surface area contributed by atoms with Gasteiger partial charge < -0.3 is 15.2 Å². The van der Waals surface area contributed by atoms with E-state index in [-0.39, 0.29) is 15.5 Å². The summed E-state index contributed by atoms with van der Waals surface area (Å²) in [6, 6.07) is 13.8. The quantitative estimate of drug-likeness (QED) is 0.106. The summed E-state index contributed by atoms with van der Waals surface area (Å²) < 4.78 is 42.7. The highest BCUT2D eigenvalue weighted by Crippen LogP contribution is 2.24. The van der Waals surface area contributed by atoms with Crippen LogP contribution in [0.2, 0.25) is 0 Å². The molecule has 0 atom stereocenters. The maximum atomic E-state index is 13.7. The topological polar surface area (TPSA) is 68.3 Å². The molecule has 0 amide bonds. The molecule has 0 saturated carbocycles. The lowest BCUT2D eigenvalue weighted by Gasteiger charge is -2.16. The Labute approximate surface area is 241 Å². The molecular weight excluding hydrogens is 639 g/mol. The van der Waals surface area contributed by atoms with Crippen LogP contribution in [-0.2, 0) is 6.54 Å². The van der Waals surface area contributed by atoms with Gasteiger partial charge in [0.25, 0.3) is 0 Å². The van der Waals surface area contributed by atoms with Crippen LogP contribution in [0, 0.1) is 24.4 Å². The van der Waals surface area contributed by atoms with E-state index in [4.69, 9.17) is 5.73 Å². The molecule has 0 fully saturated rings. The maximum absolute atomic E-state index is 13.7. The molecule has 2 N–H and O–H groups in total. The molecule has 0 unspecified atom stereocenters. The van der Waals surface area contributed by atoms with Gasteiger partial charge >= 0.3 is 0 Å². The molecule has 0 aliphatic heterocycles. The minimum absolute atomic E-state index is 0.000129. The number of nitrogen functional groups attached to an aromatic ring is 1. The van der Waals surface area contributed by atoms with Crippen molar-refractivity contribution in [3.05, 3.63) is 120 Å². The van der Waals surface area contributed by atoms with Crippen LogP contribution in [0.4, 0.5) is 18.9 Å². The van der Waals surface area contributed by atoms with E-state index in [1.165, 1.54) is 18.2 Å². The van der Waals surface area contributed by atoms with Crippen molar-refractivity contribution in [2.45, 2.75) is 20.4 Å². The smallest absolute Gasteiger partial charge is 0.190 e. The Morgan fingerprint density at radius 3 is 2.23 bits per heavy atom. The van der Waals surface area contributed by atoms with Crippen LogP contribution < -0.4 is 11.2 Å². The lowest BCUT2D eigenvalue weighted by Crippen LogP contribution is -2.14. The van der Waals surface area contributed by atoms with E-state index in [0.717, 1.165) is 23.4 Å². The molecular formula is C29H26Br2F3N3O2. The highest BCUT2D eigenvalue weighted by Gasteiger charge is 2.14. The number of anilines is 1. The third-order valence-corrected chi connectivity index (χ3v) is 7.28. The van der Waals surface area contributed by atoms with Gasteiger partial charge in [0.2, 0.25) is 0 Å². The fourth-order valence-corrected chi connectivity index (χ4v) is 4.31. The first-order valence-electron chi connectivity index (χ1n) is 11.7. The van der Waals surface area contributed by atoms with Gasteiger partial charge in [-0.1, -0.05) is 18.2 Å². The van der Waals surface area contributed by atoms with Crippen molar-refractivity contribution in [2.75, 3.05) is 19.8 Å². The van der Waals surface area contributed by atoms with E-state index < -0.39 is 23.2 Å². The number of ketones is 1. The number of hydrogen-bond donors (Lipinski definition) is 1. The first-order valence-corrected chi connectivity index (χ1v) is 13.3. The number of pyridine rings is 1. The Bertz CT molecular complexity index is 1650. The molecule has 204 valence electrons. The standard InChI is InChI=1S/C17H14BrFN2O.C12H12BrF2NO/c1-10-6-17(22)12-7-14(19)13(18)8-16(12)21(10)9-11-4-2-3-5-15(11)20;1-7(16(2)3)4-12(17)8-5-11(15)9(13)6-10(8)14/h2-8H,9,20H2,1H3;4-6H,1-3H3/b;7-4+.